The number of ether oxygens (including phenoxy) is 1. The average molecular weight is 401 g/mol. The number of esters is 1. The zero-order valence-corrected chi connectivity index (χ0v) is 16.8. The molecule has 1 heterocycles. The molecule has 1 aliphatic heterocycles. The van der Waals surface area contributed by atoms with Gasteiger partial charge in [0.2, 0.25) is 5.91 Å². The summed E-state index contributed by atoms with van der Waals surface area (Å²) < 4.78 is 5.21. The molecule has 29 heavy (non-hydrogen) atoms. The van der Waals surface area contributed by atoms with Crippen LogP contribution in [0.3, 0.4) is 0 Å². The lowest BCUT2D eigenvalue weighted by molar-refractivity contribution is -0.158. The third-order valence-electron chi connectivity index (χ3n) is 5.39. The van der Waals surface area contributed by atoms with Gasteiger partial charge in [-0.1, -0.05) is 30.5 Å². The Morgan fingerprint density at radius 2 is 1.79 bits per heavy atom. The summed E-state index contributed by atoms with van der Waals surface area (Å²) in [6.07, 6.45) is 2.83. The van der Waals surface area contributed by atoms with E-state index in [0.717, 1.165) is 36.9 Å². The van der Waals surface area contributed by atoms with Crippen molar-refractivity contribution in [2.75, 3.05) is 11.4 Å². The van der Waals surface area contributed by atoms with Crippen LogP contribution >= 0.6 is 0 Å². The monoisotopic (exact) mass is 401 g/mol. The van der Waals surface area contributed by atoms with Gasteiger partial charge in [0.15, 0.2) is 6.10 Å². The average Bonchev–Trinajstić information content (AvgIpc) is 3.32. The molecule has 0 unspecified atom stereocenters. The highest BCUT2D eigenvalue weighted by Crippen LogP contribution is 2.26. The van der Waals surface area contributed by atoms with Crippen molar-refractivity contribution in [3.05, 3.63) is 29.8 Å². The summed E-state index contributed by atoms with van der Waals surface area (Å²) in [4.78, 5) is 50.3. The molecule has 3 rings (SSSR count). The Morgan fingerprint density at radius 3 is 2.45 bits per heavy atom. The molecular weight excluding hydrogens is 374 g/mol. The lowest BCUT2D eigenvalue weighted by Gasteiger charge is -2.18. The second-order valence-electron chi connectivity index (χ2n) is 7.76. The summed E-state index contributed by atoms with van der Waals surface area (Å²) in [6, 6.07) is 6.97. The molecule has 2 aliphatic rings. The molecule has 2 atom stereocenters. The SMILES string of the molecule is Cc1ccc(N2C[C@@H](C(=O)O[C@H](C)C(=O)NC(=O)NC3CCCC3)CC2=O)cc1. The van der Waals surface area contributed by atoms with Gasteiger partial charge in [-0.3, -0.25) is 19.7 Å². The Bertz CT molecular complexity index is 786. The van der Waals surface area contributed by atoms with Crippen LogP contribution in [-0.2, 0) is 19.1 Å². The first-order valence-electron chi connectivity index (χ1n) is 10.0. The van der Waals surface area contributed by atoms with Crippen LogP contribution in [0.2, 0.25) is 0 Å². The number of carbonyl (C=O) groups is 4. The molecule has 0 aromatic heterocycles. The Morgan fingerprint density at radius 1 is 1.14 bits per heavy atom. The summed E-state index contributed by atoms with van der Waals surface area (Å²) >= 11 is 0. The van der Waals surface area contributed by atoms with Crippen molar-refractivity contribution in [3.63, 3.8) is 0 Å². The zero-order chi connectivity index (χ0) is 21.0. The van der Waals surface area contributed by atoms with Crippen LogP contribution in [0.1, 0.15) is 44.6 Å². The van der Waals surface area contributed by atoms with Gasteiger partial charge in [0.25, 0.3) is 5.91 Å². The molecule has 2 fully saturated rings. The quantitative estimate of drug-likeness (QED) is 0.735. The number of amides is 4. The van der Waals surface area contributed by atoms with Gasteiger partial charge in [-0.25, -0.2) is 4.79 Å². The molecular formula is C21H27N3O5. The number of aryl methyl sites for hydroxylation is 1. The van der Waals surface area contributed by atoms with Gasteiger partial charge in [-0.05, 0) is 38.8 Å². The van der Waals surface area contributed by atoms with Crippen molar-refractivity contribution in [2.45, 2.75) is 58.1 Å². The highest BCUT2D eigenvalue weighted by molar-refractivity contribution is 6.00. The van der Waals surface area contributed by atoms with E-state index in [9.17, 15) is 19.2 Å². The van der Waals surface area contributed by atoms with Gasteiger partial charge >= 0.3 is 12.0 Å². The predicted molar refractivity (Wildman–Crippen MR) is 106 cm³/mol. The minimum Gasteiger partial charge on any atom is -0.452 e. The molecule has 1 aromatic rings. The number of anilines is 1. The van der Waals surface area contributed by atoms with E-state index in [2.05, 4.69) is 10.6 Å². The number of nitrogens with one attached hydrogen (secondary N) is 2. The number of nitrogens with zero attached hydrogens (tertiary/aromatic N) is 1. The summed E-state index contributed by atoms with van der Waals surface area (Å²) in [6.45, 7) is 3.57. The summed E-state index contributed by atoms with van der Waals surface area (Å²) in [5, 5.41) is 4.95. The Kier molecular flexibility index (Phi) is 6.51. The fourth-order valence-corrected chi connectivity index (χ4v) is 3.67. The van der Waals surface area contributed by atoms with Crippen molar-refractivity contribution in [1.82, 2.24) is 10.6 Å². The van der Waals surface area contributed by atoms with Crippen LogP contribution in [0, 0.1) is 12.8 Å². The van der Waals surface area contributed by atoms with Crippen molar-refractivity contribution in [2.24, 2.45) is 5.92 Å². The van der Waals surface area contributed by atoms with Crippen molar-refractivity contribution in [1.29, 1.82) is 0 Å². The second kappa shape index (κ2) is 9.07. The Balaban J connectivity index is 1.48. The van der Waals surface area contributed by atoms with Gasteiger partial charge < -0.3 is 15.0 Å². The lowest BCUT2D eigenvalue weighted by atomic mass is 10.1. The molecule has 1 aliphatic carbocycles. The number of rotatable bonds is 5. The van der Waals surface area contributed by atoms with E-state index >= 15 is 0 Å². The maximum atomic E-state index is 12.4. The van der Waals surface area contributed by atoms with E-state index in [-0.39, 0.29) is 24.9 Å². The standard InChI is InChI=1S/C21H27N3O5/c1-13-7-9-17(10-8-13)24-12-15(11-18(24)25)20(27)29-14(2)19(26)23-21(28)22-16-5-3-4-6-16/h7-10,14-16H,3-6,11-12H2,1-2H3,(H2,22,23,26,28)/t14-,15+/m1/s1. The Labute approximate surface area is 170 Å². The van der Waals surface area contributed by atoms with Crippen LogP contribution in [0.5, 0.6) is 0 Å². The molecule has 0 spiro atoms. The summed E-state index contributed by atoms with van der Waals surface area (Å²) in [5.41, 5.74) is 1.80. The predicted octanol–water partition coefficient (Wildman–Crippen LogP) is 2.05. The summed E-state index contributed by atoms with van der Waals surface area (Å²) in [5.74, 6) is -2.12. The van der Waals surface area contributed by atoms with E-state index < -0.39 is 29.9 Å². The fraction of sp³-hybridized carbons (Fsp3) is 0.524. The molecule has 1 aromatic carbocycles. The molecule has 1 saturated carbocycles. The van der Waals surface area contributed by atoms with E-state index in [1.54, 1.807) is 4.90 Å². The van der Waals surface area contributed by atoms with Crippen LogP contribution in [0.15, 0.2) is 24.3 Å². The third kappa shape index (κ3) is 5.34. The van der Waals surface area contributed by atoms with E-state index in [1.165, 1.54) is 6.92 Å². The minimum absolute atomic E-state index is 0.0310. The van der Waals surface area contributed by atoms with E-state index in [4.69, 9.17) is 4.74 Å². The normalized spacial score (nSPS) is 20.4. The molecule has 8 heteroatoms. The molecule has 4 amide bonds. The van der Waals surface area contributed by atoms with Crippen LogP contribution < -0.4 is 15.5 Å². The first-order chi connectivity index (χ1) is 13.8. The van der Waals surface area contributed by atoms with Gasteiger partial charge in [0.1, 0.15) is 0 Å². The van der Waals surface area contributed by atoms with Gasteiger partial charge in [-0.15, -0.1) is 0 Å². The molecule has 8 nitrogen and oxygen atoms in total. The minimum atomic E-state index is -1.12. The smallest absolute Gasteiger partial charge is 0.321 e. The van der Waals surface area contributed by atoms with Gasteiger partial charge in [-0.2, -0.15) is 0 Å². The number of benzene rings is 1. The lowest BCUT2D eigenvalue weighted by Crippen LogP contribution is -2.47. The largest absolute Gasteiger partial charge is 0.452 e. The number of hydrogen-bond donors (Lipinski definition) is 2. The number of hydrogen-bond acceptors (Lipinski definition) is 5. The summed E-state index contributed by atoms with van der Waals surface area (Å²) in [7, 11) is 0. The fourth-order valence-electron chi connectivity index (χ4n) is 3.67. The number of imide groups is 1. The van der Waals surface area contributed by atoms with Crippen molar-refractivity contribution in [3.8, 4) is 0 Å². The maximum Gasteiger partial charge on any atom is 0.321 e. The molecule has 2 N–H and O–H groups in total. The molecule has 0 radical (unpaired) electrons. The zero-order valence-electron chi connectivity index (χ0n) is 16.8. The number of urea groups is 1. The topological polar surface area (TPSA) is 105 Å². The Hall–Kier alpha value is -2.90. The van der Waals surface area contributed by atoms with E-state index in [0.29, 0.717) is 0 Å². The van der Waals surface area contributed by atoms with Crippen LogP contribution in [0.25, 0.3) is 0 Å². The highest BCUT2D eigenvalue weighted by atomic mass is 16.5. The highest BCUT2D eigenvalue weighted by Gasteiger charge is 2.37. The second-order valence-corrected chi connectivity index (χ2v) is 7.76. The van der Waals surface area contributed by atoms with Crippen molar-refractivity contribution >= 4 is 29.5 Å². The van der Waals surface area contributed by atoms with Crippen molar-refractivity contribution < 1.29 is 23.9 Å². The van der Waals surface area contributed by atoms with Gasteiger partial charge in [0, 0.05) is 24.7 Å². The first-order valence-corrected chi connectivity index (χ1v) is 10.0. The van der Waals surface area contributed by atoms with E-state index in [1.807, 2.05) is 31.2 Å². The molecule has 0 bridgehead atoms. The maximum absolute atomic E-state index is 12.4. The first kappa shape index (κ1) is 20.8. The van der Waals surface area contributed by atoms with Crippen LogP contribution in [-0.4, -0.2) is 42.5 Å². The molecule has 156 valence electrons. The molecule has 1 saturated heterocycles. The van der Waals surface area contributed by atoms with Crippen LogP contribution in [0.4, 0.5) is 10.5 Å². The third-order valence-corrected chi connectivity index (χ3v) is 5.39. The number of carbonyl (C=O) groups excluding carboxylic acids is 4. The van der Waals surface area contributed by atoms with Gasteiger partial charge in [0.05, 0.1) is 5.92 Å².